The van der Waals surface area contributed by atoms with Crippen LogP contribution in [0.15, 0.2) is 65.5 Å². The van der Waals surface area contributed by atoms with Gasteiger partial charge in [0.15, 0.2) is 0 Å². The molecule has 4 amide bonds. The molecule has 0 unspecified atom stereocenters. The molecule has 140 valence electrons. The van der Waals surface area contributed by atoms with Crippen LogP contribution in [0.1, 0.15) is 22.8 Å². The largest absolute Gasteiger partial charge is 0.344 e. The molecular weight excluding hydrogens is 360 g/mol. The van der Waals surface area contributed by atoms with E-state index >= 15 is 0 Å². The zero-order chi connectivity index (χ0) is 19.9. The van der Waals surface area contributed by atoms with E-state index < -0.39 is 28.9 Å². The Labute approximate surface area is 159 Å². The fraction of sp³-hybridized carbons (Fsp3) is 0.100. The summed E-state index contributed by atoms with van der Waals surface area (Å²) in [7, 11) is 0. The lowest BCUT2D eigenvalue weighted by Gasteiger charge is -2.22. The van der Waals surface area contributed by atoms with E-state index in [4.69, 9.17) is 0 Å². The van der Waals surface area contributed by atoms with Gasteiger partial charge in [-0.2, -0.15) is 5.01 Å². The van der Waals surface area contributed by atoms with Crippen molar-refractivity contribution in [2.75, 3.05) is 0 Å². The van der Waals surface area contributed by atoms with Crippen molar-refractivity contribution in [3.63, 3.8) is 0 Å². The minimum Gasteiger partial charge on any atom is -0.322 e. The third-order valence-corrected chi connectivity index (χ3v) is 4.75. The van der Waals surface area contributed by atoms with Gasteiger partial charge in [-0.15, -0.1) is 0 Å². The van der Waals surface area contributed by atoms with Crippen molar-refractivity contribution in [1.29, 1.82) is 0 Å². The summed E-state index contributed by atoms with van der Waals surface area (Å²) in [5, 5.41) is 3.75. The first-order valence-electron chi connectivity index (χ1n) is 8.55. The number of amides is 4. The maximum atomic E-state index is 12.9. The standard InChI is InChI=1S/C20H16N4O4/c1-20(12-7-3-2-4-8-12)18(27)24(19(28)22-20)23-17(26)14-11-16(25)21-15-10-6-5-9-13(14)15/h2-11H,1H3,(H,21,25)(H,22,28)(H,23,26)/t20-/m1/s1. The van der Waals surface area contributed by atoms with Crippen LogP contribution >= 0.6 is 0 Å². The number of aromatic nitrogens is 1. The second-order valence-electron chi connectivity index (χ2n) is 6.60. The number of nitrogens with zero attached hydrogens (tertiary/aromatic N) is 1. The fourth-order valence-electron chi connectivity index (χ4n) is 3.26. The van der Waals surface area contributed by atoms with Crippen LogP contribution in [-0.4, -0.2) is 27.8 Å². The lowest BCUT2D eigenvalue weighted by molar-refractivity contribution is -0.132. The predicted octanol–water partition coefficient (Wildman–Crippen LogP) is 1.64. The SMILES string of the molecule is C[C@]1(c2ccccc2)NC(=O)N(NC(=O)c2cc(=O)[nH]c3ccccc23)C1=O. The number of para-hydroxylation sites is 1. The highest BCUT2D eigenvalue weighted by molar-refractivity contribution is 6.11. The molecule has 0 spiro atoms. The van der Waals surface area contributed by atoms with Gasteiger partial charge >= 0.3 is 6.03 Å². The number of fused-ring (bicyclic) bond motifs is 1. The van der Waals surface area contributed by atoms with Gasteiger partial charge < -0.3 is 10.3 Å². The number of hydrogen-bond acceptors (Lipinski definition) is 4. The normalized spacial score (nSPS) is 19.0. The smallest absolute Gasteiger partial charge is 0.322 e. The van der Waals surface area contributed by atoms with E-state index in [1.54, 1.807) is 61.5 Å². The maximum absolute atomic E-state index is 12.9. The summed E-state index contributed by atoms with van der Waals surface area (Å²) in [6.45, 7) is 1.57. The van der Waals surface area contributed by atoms with Gasteiger partial charge in [0.1, 0.15) is 5.54 Å². The average Bonchev–Trinajstić information content (AvgIpc) is 2.92. The van der Waals surface area contributed by atoms with Crippen LogP contribution in [0, 0.1) is 0 Å². The van der Waals surface area contributed by atoms with E-state index in [1.807, 2.05) is 0 Å². The Balaban J connectivity index is 1.67. The molecule has 8 heteroatoms. The quantitative estimate of drug-likeness (QED) is 0.603. The number of urea groups is 1. The van der Waals surface area contributed by atoms with Crippen molar-refractivity contribution in [3.05, 3.63) is 82.1 Å². The van der Waals surface area contributed by atoms with Crippen molar-refractivity contribution in [3.8, 4) is 0 Å². The van der Waals surface area contributed by atoms with Crippen LogP contribution in [0.3, 0.4) is 0 Å². The number of carbonyl (C=O) groups is 3. The Morgan fingerprint density at radius 2 is 1.68 bits per heavy atom. The molecule has 1 fully saturated rings. The van der Waals surface area contributed by atoms with E-state index in [0.717, 1.165) is 6.07 Å². The number of imide groups is 1. The van der Waals surface area contributed by atoms with E-state index in [1.165, 1.54) is 0 Å². The molecule has 1 aromatic heterocycles. The second kappa shape index (κ2) is 6.34. The van der Waals surface area contributed by atoms with E-state index in [-0.39, 0.29) is 5.56 Å². The van der Waals surface area contributed by atoms with Gasteiger partial charge in [-0.3, -0.25) is 19.8 Å². The number of H-pyrrole nitrogens is 1. The summed E-state index contributed by atoms with van der Waals surface area (Å²) in [4.78, 5) is 52.5. The van der Waals surface area contributed by atoms with Gasteiger partial charge in [0, 0.05) is 17.0 Å². The highest BCUT2D eigenvalue weighted by Gasteiger charge is 2.50. The Morgan fingerprint density at radius 1 is 1.00 bits per heavy atom. The summed E-state index contributed by atoms with van der Waals surface area (Å²) in [6.07, 6.45) is 0. The molecule has 2 heterocycles. The van der Waals surface area contributed by atoms with Crippen molar-refractivity contribution in [1.82, 2.24) is 20.7 Å². The summed E-state index contributed by atoms with van der Waals surface area (Å²) in [5.41, 5.74) is 1.68. The van der Waals surface area contributed by atoms with Gasteiger partial charge in [-0.25, -0.2) is 4.79 Å². The Morgan fingerprint density at radius 3 is 2.43 bits per heavy atom. The molecule has 3 N–H and O–H groups in total. The topological polar surface area (TPSA) is 111 Å². The highest BCUT2D eigenvalue weighted by Crippen LogP contribution is 2.27. The monoisotopic (exact) mass is 376 g/mol. The number of aromatic amines is 1. The van der Waals surface area contributed by atoms with Gasteiger partial charge in [-0.1, -0.05) is 48.5 Å². The van der Waals surface area contributed by atoms with E-state index in [9.17, 15) is 19.2 Å². The molecule has 1 aliphatic rings. The highest BCUT2D eigenvalue weighted by atomic mass is 16.2. The number of benzene rings is 2. The second-order valence-corrected chi connectivity index (χ2v) is 6.60. The van der Waals surface area contributed by atoms with Crippen LogP contribution in [0.25, 0.3) is 10.9 Å². The summed E-state index contributed by atoms with van der Waals surface area (Å²) in [6, 6.07) is 15.9. The Kier molecular flexibility index (Phi) is 3.96. The van der Waals surface area contributed by atoms with Crippen molar-refractivity contribution in [2.24, 2.45) is 0 Å². The number of rotatable bonds is 3. The molecule has 1 atom stereocenters. The maximum Gasteiger partial charge on any atom is 0.344 e. The van der Waals surface area contributed by atoms with E-state index in [2.05, 4.69) is 15.7 Å². The minimum absolute atomic E-state index is 0.0632. The molecule has 28 heavy (non-hydrogen) atoms. The van der Waals surface area contributed by atoms with Crippen molar-refractivity contribution in [2.45, 2.75) is 12.5 Å². The molecule has 8 nitrogen and oxygen atoms in total. The zero-order valence-electron chi connectivity index (χ0n) is 14.9. The van der Waals surface area contributed by atoms with Crippen molar-refractivity contribution < 1.29 is 14.4 Å². The number of hydrazine groups is 1. The van der Waals surface area contributed by atoms with E-state index in [0.29, 0.717) is 21.5 Å². The Hall–Kier alpha value is -3.94. The molecule has 3 aromatic rings. The summed E-state index contributed by atoms with van der Waals surface area (Å²) in [5.74, 6) is -1.35. The van der Waals surface area contributed by atoms with Crippen LogP contribution in [0.5, 0.6) is 0 Å². The number of nitrogens with one attached hydrogen (secondary N) is 3. The average molecular weight is 376 g/mol. The first-order valence-corrected chi connectivity index (χ1v) is 8.55. The lowest BCUT2D eigenvalue weighted by atomic mass is 9.92. The molecule has 1 saturated heterocycles. The lowest BCUT2D eigenvalue weighted by Crippen LogP contribution is -2.48. The number of carbonyl (C=O) groups excluding carboxylic acids is 3. The molecule has 1 aliphatic heterocycles. The van der Waals surface area contributed by atoms with Crippen LogP contribution in [0.4, 0.5) is 4.79 Å². The molecule has 0 saturated carbocycles. The number of hydrogen-bond donors (Lipinski definition) is 3. The number of pyridine rings is 1. The molecule has 0 aliphatic carbocycles. The van der Waals surface area contributed by atoms with Gasteiger partial charge in [0.2, 0.25) is 5.56 Å². The zero-order valence-corrected chi connectivity index (χ0v) is 14.9. The van der Waals surface area contributed by atoms with Crippen LogP contribution < -0.4 is 16.3 Å². The molecule has 0 radical (unpaired) electrons. The minimum atomic E-state index is -1.30. The molecule has 2 aromatic carbocycles. The predicted molar refractivity (Wildman–Crippen MR) is 101 cm³/mol. The fourth-order valence-corrected chi connectivity index (χ4v) is 3.26. The first kappa shape index (κ1) is 17.5. The van der Waals surface area contributed by atoms with Gasteiger partial charge in [0.05, 0.1) is 5.56 Å². The van der Waals surface area contributed by atoms with Crippen molar-refractivity contribution >= 4 is 28.7 Å². The first-order chi connectivity index (χ1) is 13.4. The Bertz CT molecular complexity index is 1170. The molecule has 0 bridgehead atoms. The third kappa shape index (κ3) is 2.71. The molecule has 4 rings (SSSR count). The summed E-state index contributed by atoms with van der Waals surface area (Å²) >= 11 is 0. The van der Waals surface area contributed by atoms with Gasteiger partial charge in [0.25, 0.3) is 11.8 Å². The third-order valence-electron chi connectivity index (χ3n) is 4.75. The summed E-state index contributed by atoms with van der Waals surface area (Å²) < 4.78 is 0. The van der Waals surface area contributed by atoms with Crippen LogP contribution in [0.2, 0.25) is 0 Å². The molecular formula is C20H16N4O4. The van der Waals surface area contributed by atoms with Gasteiger partial charge in [-0.05, 0) is 18.6 Å². The van der Waals surface area contributed by atoms with Crippen LogP contribution in [-0.2, 0) is 10.3 Å².